The first-order chi connectivity index (χ1) is 7.04. The van der Waals surface area contributed by atoms with Crippen LogP contribution in [0.5, 0.6) is 0 Å². The molecule has 5 heteroatoms. The summed E-state index contributed by atoms with van der Waals surface area (Å²) in [7, 11) is 0. The highest BCUT2D eigenvalue weighted by atomic mass is 16.6. The number of rotatable bonds is 4. The second kappa shape index (κ2) is 4.75. The van der Waals surface area contributed by atoms with Crippen LogP contribution >= 0.6 is 0 Å². The number of benzene rings is 1. The molecular formula is C10H14N2O3. The zero-order valence-corrected chi connectivity index (χ0v) is 8.73. The minimum atomic E-state index is -0.413. The van der Waals surface area contributed by atoms with E-state index in [1.807, 2.05) is 0 Å². The molecule has 0 aliphatic rings. The average molecular weight is 210 g/mol. The van der Waals surface area contributed by atoms with Crippen LogP contribution in [0.2, 0.25) is 0 Å². The van der Waals surface area contributed by atoms with E-state index in [0.717, 1.165) is 0 Å². The molecule has 0 bridgehead atoms. The highest BCUT2D eigenvalue weighted by molar-refractivity contribution is 5.55. The molecule has 0 saturated heterocycles. The highest BCUT2D eigenvalue weighted by Crippen LogP contribution is 2.22. The van der Waals surface area contributed by atoms with Crippen LogP contribution in [0.4, 0.5) is 11.4 Å². The number of nitro benzene ring substituents is 1. The van der Waals surface area contributed by atoms with Gasteiger partial charge in [-0.1, -0.05) is 6.07 Å². The van der Waals surface area contributed by atoms with Gasteiger partial charge in [-0.2, -0.15) is 0 Å². The lowest BCUT2D eigenvalue weighted by atomic mass is 10.2. The van der Waals surface area contributed by atoms with Gasteiger partial charge in [-0.05, 0) is 19.9 Å². The van der Waals surface area contributed by atoms with Gasteiger partial charge in [0, 0.05) is 23.4 Å². The number of hydrogen-bond acceptors (Lipinski definition) is 4. The lowest BCUT2D eigenvalue weighted by Crippen LogP contribution is -2.19. The number of aliphatic hydroxyl groups is 1. The summed E-state index contributed by atoms with van der Waals surface area (Å²) in [4.78, 5) is 10.2. The maximum Gasteiger partial charge on any atom is 0.274 e. The molecule has 1 aromatic rings. The van der Waals surface area contributed by atoms with Crippen LogP contribution in [0.25, 0.3) is 0 Å². The molecule has 0 aromatic heterocycles. The first kappa shape index (κ1) is 11.5. The lowest BCUT2D eigenvalue weighted by Gasteiger charge is -2.12. The molecule has 0 heterocycles. The van der Waals surface area contributed by atoms with Crippen LogP contribution in [-0.2, 0) is 0 Å². The fraction of sp³-hybridized carbons (Fsp3) is 0.400. The van der Waals surface area contributed by atoms with E-state index in [4.69, 9.17) is 5.11 Å². The summed E-state index contributed by atoms with van der Waals surface area (Å²) in [5.41, 5.74) is 1.36. The summed E-state index contributed by atoms with van der Waals surface area (Å²) < 4.78 is 0. The summed E-state index contributed by atoms with van der Waals surface area (Å²) in [5, 5.41) is 22.5. The Morgan fingerprint density at radius 2 is 2.27 bits per heavy atom. The zero-order chi connectivity index (χ0) is 11.4. The Bertz CT molecular complexity index is 366. The Hall–Kier alpha value is -1.62. The van der Waals surface area contributed by atoms with Crippen LogP contribution in [0, 0.1) is 17.0 Å². The lowest BCUT2D eigenvalue weighted by molar-refractivity contribution is -0.385. The van der Waals surface area contributed by atoms with Crippen molar-refractivity contribution in [3.8, 4) is 0 Å². The molecule has 0 aliphatic carbocycles. The Balaban J connectivity index is 2.92. The van der Waals surface area contributed by atoms with Crippen molar-refractivity contribution in [1.29, 1.82) is 0 Å². The topological polar surface area (TPSA) is 75.4 Å². The molecule has 0 fully saturated rings. The first-order valence-electron chi connectivity index (χ1n) is 4.67. The fourth-order valence-electron chi connectivity index (χ4n) is 1.23. The quantitative estimate of drug-likeness (QED) is 0.585. The van der Waals surface area contributed by atoms with Crippen molar-refractivity contribution in [2.45, 2.75) is 19.9 Å². The summed E-state index contributed by atoms with van der Waals surface area (Å²) in [6.07, 6.45) is 0. The maximum absolute atomic E-state index is 10.7. The number of nitrogens with one attached hydrogen (secondary N) is 1. The van der Waals surface area contributed by atoms with E-state index >= 15 is 0 Å². The second-order valence-electron chi connectivity index (χ2n) is 3.49. The van der Waals surface area contributed by atoms with E-state index in [1.165, 1.54) is 6.07 Å². The number of aliphatic hydroxyl groups excluding tert-OH is 1. The number of hydrogen-bond donors (Lipinski definition) is 2. The average Bonchev–Trinajstić information content (AvgIpc) is 2.20. The SMILES string of the molecule is Cc1ccc(NC(C)CO)cc1[N+](=O)[O-]. The van der Waals surface area contributed by atoms with Crippen LogP contribution in [0.3, 0.4) is 0 Å². The Morgan fingerprint density at radius 1 is 1.60 bits per heavy atom. The van der Waals surface area contributed by atoms with E-state index in [1.54, 1.807) is 26.0 Å². The summed E-state index contributed by atoms with van der Waals surface area (Å²) in [5.74, 6) is 0. The van der Waals surface area contributed by atoms with Crippen molar-refractivity contribution < 1.29 is 10.0 Å². The van der Waals surface area contributed by atoms with Gasteiger partial charge in [-0.3, -0.25) is 10.1 Å². The van der Waals surface area contributed by atoms with E-state index in [2.05, 4.69) is 5.32 Å². The third-order valence-electron chi connectivity index (χ3n) is 2.09. The monoisotopic (exact) mass is 210 g/mol. The van der Waals surface area contributed by atoms with Crippen molar-refractivity contribution in [3.05, 3.63) is 33.9 Å². The molecule has 1 unspecified atom stereocenters. The van der Waals surface area contributed by atoms with Gasteiger partial charge in [0.15, 0.2) is 0 Å². The molecule has 0 saturated carbocycles. The third-order valence-corrected chi connectivity index (χ3v) is 2.09. The molecule has 1 atom stereocenters. The fourth-order valence-corrected chi connectivity index (χ4v) is 1.23. The molecule has 5 nitrogen and oxygen atoms in total. The van der Waals surface area contributed by atoms with Crippen LogP contribution < -0.4 is 5.32 Å². The number of aryl methyl sites for hydroxylation is 1. The largest absolute Gasteiger partial charge is 0.394 e. The summed E-state index contributed by atoms with van der Waals surface area (Å²) in [6, 6.07) is 4.80. The molecule has 82 valence electrons. The van der Waals surface area contributed by atoms with Gasteiger partial charge >= 0.3 is 0 Å². The van der Waals surface area contributed by atoms with Crippen LogP contribution in [0.15, 0.2) is 18.2 Å². The van der Waals surface area contributed by atoms with E-state index < -0.39 is 4.92 Å². The molecule has 0 amide bonds. The molecule has 0 spiro atoms. The predicted molar refractivity (Wildman–Crippen MR) is 58.0 cm³/mol. The zero-order valence-electron chi connectivity index (χ0n) is 8.73. The van der Waals surface area contributed by atoms with Gasteiger partial charge in [-0.15, -0.1) is 0 Å². The van der Waals surface area contributed by atoms with Gasteiger partial charge in [0.2, 0.25) is 0 Å². The van der Waals surface area contributed by atoms with Crippen molar-refractivity contribution in [2.75, 3.05) is 11.9 Å². The van der Waals surface area contributed by atoms with Crippen LogP contribution in [0.1, 0.15) is 12.5 Å². The standard InChI is InChI=1S/C10H14N2O3/c1-7-3-4-9(11-8(2)6-13)5-10(7)12(14)15/h3-5,8,11,13H,6H2,1-2H3. The van der Waals surface area contributed by atoms with Gasteiger partial charge < -0.3 is 10.4 Å². The smallest absolute Gasteiger partial charge is 0.274 e. The van der Waals surface area contributed by atoms with E-state index in [-0.39, 0.29) is 18.3 Å². The van der Waals surface area contributed by atoms with E-state index in [9.17, 15) is 10.1 Å². The molecule has 0 radical (unpaired) electrons. The van der Waals surface area contributed by atoms with Gasteiger partial charge in [0.05, 0.1) is 11.5 Å². The molecule has 15 heavy (non-hydrogen) atoms. The summed E-state index contributed by atoms with van der Waals surface area (Å²) >= 11 is 0. The van der Waals surface area contributed by atoms with Gasteiger partial charge in [-0.25, -0.2) is 0 Å². The Morgan fingerprint density at radius 3 is 2.80 bits per heavy atom. The minimum absolute atomic E-state index is 0.0122. The second-order valence-corrected chi connectivity index (χ2v) is 3.49. The number of nitro groups is 1. The minimum Gasteiger partial charge on any atom is -0.394 e. The molecule has 1 aromatic carbocycles. The van der Waals surface area contributed by atoms with Crippen molar-refractivity contribution in [3.63, 3.8) is 0 Å². The van der Waals surface area contributed by atoms with Gasteiger partial charge in [0.1, 0.15) is 0 Å². The summed E-state index contributed by atoms with van der Waals surface area (Å²) in [6.45, 7) is 3.48. The highest BCUT2D eigenvalue weighted by Gasteiger charge is 2.11. The van der Waals surface area contributed by atoms with Gasteiger partial charge in [0.25, 0.3) is 5.69 Å². The molecule has 1 rings (SSSR count). The Labute approximate surface area is 87.9 Å². The third kappa shape index (κ3) is 2.92. The predicted octanol–water partition coefficient (Wildman–Crippen LogP) is 1.70. The number of anilines is 1. The Kier molecular flexibility index (Phi) is 3.62. The van der Waals surface area contributed by atoms with E-state index in [0.29, 0.717) is 11.3 Å². The number of nitrogens with zero attached hydrogens (tertiary/aromatic N) is 1. The van der Waals surface area contributed by atoms with Crippen LogP contribution in [-0.4, -0.2) is 22.7 Å². The molecular weight excluding hydrogens is 196 g/mol. The molecule has 2 N–H and O–H groups in total. The van der Waals surface area contributed by atoms with Crippen molar-refractivity contribution >= 4 is 11.4 Å². The normalized spacial score (nSPS) is 12.2. The molecule has 0 aliphatic heterocycles. The first-order valence-corrected chi connectivity index (χ1v) is 4.67. The van der Waals surface area contributed by atoms with Crippen molar-refractivity contribution in [1.82, 2.24) is 0 Å². The van der Waals surface area contributed by atoms with Crippen molar-refractivity contribution in [2.24, 2.45) is 0 Å². The maximum atomic E-state index is 10.7.